The molecule has 0 saturated carbocycles. The predicted octanol–water partition coefficient (Wildman–Crippen LogP) is 3.22. The van der Waals surface area contributed by atoms with Gasteiger partial charge in [-0.3, -0.25) is 0 Å². The highest BCUT2D eigenvalue weighted by atomic mass is 79.9. The molecule has 0 spiro atoms. The Labute approximate surface area is 94.0 Å². The number of halogens is 1. The molecular weight excluding hydrogens is 238 g/mol. The highest BCUT2D eigenvalue weighted by Crippen LogP contribution is 2.26. The summed E-state index contributed by atoms with van der Waals surface area (Å²) >= 11 is 3.54. The Hall–Kier alpha value is -0.340. The number of rotatable bonds is 1. The molecule has 1 saturated heterocycles. The first kappa shape index (κ1) is 10.2. The van der Waals surface area contributed by atoms with Crippen molar-refractivity contribution >= 4 is 15.9 Å². The SMILES string of the molecule is Cc1cc([C@H]2CCCNC2)ccc1Br. The van der Waals surface area contributed by atoms with E-state index in [1.165, 1.54) is 35.0 Å². The summed E-state index contributed by atoms with van der Waals surface area (Å²) in [7, 11) is 0. The molecule has 0 unspecified atom stereocenters. The Kier molecular flexibility index (Phi) is 3.24. The van der Waals surface area contributed by atoms with Crippen LogP contribution in [0.25, 0.3) is 0 Å². The number of hydrogen-bond donors (Lipinski definition) is 1. The van der Waals surface area contributed by atoms with E-state index in [9.17, 15) is 0 Å². The zero-order valence-electron chi connectivity index (χ0n) is 8.52. The second-order valence-electron chi connectivity index (χ2n) is 4.05. The Morgan fingerprint density at radius 2 is 2.29 bits per heavy atom. The van der Waals surface area contributed by atoms with Gasteiger partial charge in [-0.25, -0.2) is 0 Å². The van der Waals surface area contributed by atoms with Gasteiger partial charge in [0.1, 0.15) is 0 Å². The average Bonchev–Trinajstić information content (AvgIpc) is 2.23. The van der Waals surface area contributed by atoms with Crippen molar-refractivity contribution in [2.45, 2.75) is 25.7 Å². The van der Waals surface area contributed by atoms with Crippen LogP contribution in [0.2, 0.25) is 0 Å². The molecule has 1 aromatic carbocycles. The molecule has 0 bridgehead atoms. The topological polar surface area (TPSA) is 12.0 Å². The summed E-state index contributed by atoms with van der Waals surface area (Å²) < 4.78 is 1.21. The number of aryl methyl sites for hydroxylation is 1. The minimum atomic E-state index is 0.718. The fourth-order valence-electron chi connectivity index (χ4n) is 2.06. The van der Waals surface area contributed by atoms with Crippen molar-refractivity contribution in [3.8, 4) is 0 Å². The van der Waals surface area contributed by atoms with E-state index >= 15 is 0 Å². The highest BCUT2D eigenvalue weighted by molar-refractivity contribution is 9.10. The van der Waals surface area contributed by atoms with E-state index in [0.717, 1.165) is 12.5 Å². The molecule has 2 rings (SSSR count). The van der Waals surface area contributed by atoms with Gasteiger partial charge < -0.3 is 5.32 Å². The standard InChI is InChI=1S/C12H16BrN/c1-9-7-10(4-5-12(9)13)11-3-2-6-14-8-11/h4-5,7,11,14H,2-3,6,8H2,1H3/t11-/m0/s1. The Morgan fingerprint density at radius 1 is 1.43 bits per heavy atom. The number of benzene rings is 1. The summed E-state index contributed by atoms with van der Waals surface area (Å²) in [6.07, 6.45) is 2.63. The van der Waals surface area contributed by atoms with Crippen LogP contribution in [0.5, 0.6) is 0 Å². The van der Waals surface area contributed by atoms with Crippen LogP contribution in [-0.4, -0.2) is 13.1 Å². The van der Waals surface area contributed by atoms with Crippen molar-refractivity contribution < 1.29 is 0 Å². The predicted molar refractivity (Wildman–Crippen MR) is 63.7 cm³/mol. The summed E-state index contributed by atoms with van der Waals surface area (Å²) in [6, 6.07) is 6.72. The molecule has 14 heavy (non-hydrogen) atoms. The van der Waals surface area contributed by atoms with Crippen molar-refractivity contribution in [2.24, 2.45) is 0 Å². The number of nitrogens with one attached hydrogen (secondary N) is 1. The molecule has 1 aliphatic rings. The molecule has 1 aliphatic heterocycles. The molecular formula is C12H16BrN. The first-order chi connectivity index (χ1) is 6.77. The molecule has 0 aliphatic carbocycles. The maximum Gasteiger partial charge on any atom is 0.0204 e. The van der Waals surface area contributed by atoms with Gasteiger partial charge in [-0.15, -0.1) is 0 Å². The molecule has 0 radical (unpaired) electrons. The average molecular weight is 254 g/mol. The van der Waals surface area contributed by atoms with Gasteiger partial charge in [0.25, 0.3) is 0 Å². The third-order valence-electron chi connectivity index (χ3n) is 2.95. The van der Waals surface area contributed by atoms with E-state index in [1.807, 2.05) is 0 Å². The lowest BCUT2D eigenvalue weighted by Gasteiger charge is -2.23. The molecule has 0 amide bonds. The molecule has 0 aromatic heterocycles. The van der Waals surface area contributed by atoms with Gasteiger partial charge in [0.2, 0.25) is 0 Å². The lowest BCUT2D eigenvalue weighted by Crippen LogP contribution is -2.28. The van der Waals surface area contributed by atoms with Gasteiger partial charge in [0.05, 0.1) is 0 Å². The van der Waals surface area contributed by atoms with Gasteiger partial charge in [0.15, 0.2) is 0 Å². The molecule has 1 fully saturated rings. The largest absolute Gasteiger partial charge is 0.316 e. The zero-order valence-corrected chi connectivity index (χ0v) is 10.1. The molecule has 1 aromatic rings. The van der Waals surface area contributed by atoms with Crippen LogP contribution in [-0.2, 0) is 0 Å². The van der Waals surface area contributed by atoms with Crippen LogP contribution in [0.15, 0.2) is 22.7 Å². The fourth-order valence-corrected chi connectivity index (χ4v) is 2.30. The van der Waals surface area contributed by atoms with Crippen molar-refractivity contribution in [3.05, 3.63) is 33.8 Å². The third kappa shape index (κ3) is 2.18. The molecule has 1 nitrogen and oxygen atoms in total. The third-order valence-corrected chi connectivity index (χ3v) is 3.84. The lowest BCUT2D eigenvalue weighted by molar-refractivity contribution is 0.461. The highest BCUT2D eigenvalue weighted by Gasteiger charge is 2.15. The molecule has 2 heteroatoms. The van der Waals surface area contributed by atoms with Gasteiger partial charge >= 0.3 is 0 Å². The summed E-state index contributed by atoms with van der Waals surface area (Å²) in [5.41, 5.74) is 2.82. The Bertz CT molecular complexity index is 316. The minimum Gasteiger partial charge on any atom is -0.316 e. The van der Waals surface area contributed by atoms with Crippen molar-refractivity contribution in [3.63, 3.8) is 0 Å². The van der Waals surface area contributed by atoms with E-state index < -0.39 is 0 Å². The van der Waals surface area contributed by atoms with E-state index in [4.69, 9.17) is 0 Å². The van der Waals surface area contributed by atoms with Gasteiger partial charge in [-0.2, -0.15) is 0 Å². The van der Waals surface area contributed by atoms with E-state index in [2.05, 4.69) is 46.4 Å². The first-order valence-electron chi connectivity index (χ1n) is 5.24. The Morgan fingerprint density at radius 3 is 2.93 bits per heavy atom. The van der Waals surface area contributed by atoms with Crippen LogP contribution >= 0.6 is 15.9 Å². The summed E-state index contributed by atoms with van der Waals surface area (Å²) in [4.78, 5) is 0. The smallest absolute Gasteiger partial charge is 0.0204 e. The van der Waals surface area contributed by atoms with Crippen LogP contribution in [0.4, 0.5) is 0 Å². The maximum atomic E-state index is 3.54. The Balaban J connectivity index is 2.18. The van der Waals surface area contributed by atoms with E-state index in [1.54, 1.807) is 0 Å². The van der Waals surface area contributed by atoms with Crippen LogP contribution < -0.4 is 5.32 Å². The normalized spacial score (nSPS) is 22.3. The maximum absolute atomic E-state index is 3.54. The molecule has 1 heterocycles. The first-order valence-corrected chi connectivity index (χ1v) is 6.03. The molecule has 76 valence electrons. The second-order valence-corrected chi connectivity index (χ2v) is 4.91. The van der Waals surface area contributed by atoms with E-state index in [0.29, 0.717) is 0 Å². The van der Waals surface area contributed by atoms with Gasteiger partial charge in [-0.05, 0) is 49.4 Å². The van der Waals surface area contributed by atoms with Crippen molar-refractivity contribution in [1.29, 1.82) is 0 Å². The zero-order chi connectivity index (χ0) is 9.97. The second kappa shape index (κ2) is 4.45. The lowest BCUT2D eigenvalue weighted by atomic mass is 9.91. The summed E-state index contributed by atoms with van der Waals surface area (Å²) in [5, 5.41) is 3.46. The minimum absolute atomic E-state index is 0.718. The quantitative estimate of drug-likeness (QED) is 0.811. The van der Waals surface area contributed by atoms with Crippen LogP contribution in [0, 0.1) is 6.92 Å². The van der Waals surface area contributed by atoms with E-state index in [-0.39, 0.29) is 0 Å². The van der Waals surface area contributed by atoms with Gasteiger partial charge in [0, 0.05) is 11.0 Å². The van der Waals surface area contributed by atoms with Crippen LogP contribution in [0.3, 0.4) is 0 Å². The molecule has 1 atom stereocenters. The van der Waals surface area contributed by atoms with Crippen molar-refractivity contribution in [1.82, 2.24) is 5.32 Å². The summed E-state index contributed by atoms with van der Waals surface area (Å²) in [5.74, 6) is 0.718. The number of hydrogen-bond acceptors (Lipinski definition) is 1. The van der Waals surface area contributed by atoms with Crippen molar-refractivity contribution in [2.75, 3.05) is 13.1 Å². The monoisotopic (exact) mass is 253 g/mol. The van der Waals surface area contributed by atoms with Gasteiger partial charge in [-0.1, -0.05) is 28.1 Å². The molecule has 1 N–H and O–H groups in total. The summed E-state index contributed by atoms with van der Waals surface area (Å²) in [6.45, 7) is 4.48. The number of piperidine rings is 1. The fraction of sp³-hybridized carbons (Fsp3) is 0.500. The van der Waals surface area contributed by atoms with Crippen LogP contribution in [0.1, 0.15) is 29.9 Å².